The van der Waals surface area contributed by atoms with Crippen LogP contribution in [0.25, 0.3) is 10.9 Å². The molecule has 0 saturated carbocycles. The van der Waals surface area contributed by atoms with Gasteiger partial charge in [-0.2, -0.15) is 0 Å². The smallest absolute Gasteiger partial charge is 0.325 e. The van der Waals surface area contributed by atoms with E-state index in [-0.39, 0.29) is 17.8 Å². The molecule has 1 saturated heterocycles. The van der Waals surface area contributed by atoms with E-state index in [4.69, 9.17) is 0 Å². The second-order valence-corrected chi connectivity index (χ2v) is 6.88. The number of carbonyl (C=O) groups is 2. The second-order valence-electron chi connectivity index (χ2n) is 6.88. The summed E-state index contributed by atoms with van der Waals surface area (Å²) in [5.41, 5.74) is -0.254. The molecular weight excluding hydrogens is 337 g/mol. The quantitative estimate of drug-likeness (QED) is 0.586. The Morgan fingerprint density at radius 2 is 2.00 bits per heavy atom. The third-order valence-corrected chi connectivity index (χ3v) is 4.39. The van der Waals surface area contributed by atoms with Gasteiger partial charge in [-0.05, 0) is 45.2 Å². The summed E-state index contributed by atoms with van der Waals surface area (Å²) < 4.78 is 13.3. The van der Waals surface area contributed by atoms with Gasteiger partial charge in [0.05, 0.1) is 5.52 Å². The highest BCUT2D eigenvalue weighted by Crippen LogP contribution is 2.20. The largest absolute Gasteiger partial charge is 0.369 e. The van der Waals surface area contributed by atoms with Gasteiger partial charge in [0.25, 0.3) is 5.91 Å². The molecule has 26 heavy (non-hydrogen) atoms. The first kappa shape index (κ1) is 18.0. The van der Waals surface area contributed by atoms with Crippen molar-refractivity contribution in [3.8, 4) is 0 Å². The molecule has 0 spiro atoms. The number of halogens is 1. The molecule has 3 rings (SSSR count). The fourth-order valence-electron chi connectivity index (χ4n) is 2.97. The van der Waals surface area contributed by atoms with Crippen molar-refractivity contribution >= 4 is 28.7 Å². The van der Waals surface area contributed by atoms with Crippen LogP contribution in [0.5, 0.6) is 0 Å². The van der Waals surface area contributed by atoms with Crippen LogP contribution in [-0.4, -0.2) is 45.4 Å². The average Bonchev–Trinajstić information content (AvgIpc) is 2.78. The van der Waals surface area contributed by atoms with E-state index in [1.54, 1.807) is 19.9 Å². The maximum atomic E-state index is 13.3. The number of aromatic nitrogens is 2. The molecule has 0 unspecified atom stereocenters. The van der Waals surface area contributed by atoms with Crippen molar-refractivity contribution in [1.29, 1.82) is 0 Å². The number of hydrogen-bond acceptors (Lipinski definition) is 5. The first-order chi connectivity index (χ1) is 12.4. The summed E-state index contributed by atoms with van der Waals surface area (Å²) in [4.78, 5) is 33.4. The van der Waals surface area contributed by atoms with E-state index in [1.807, 2.05) is 0 Å². The molecule has 2 heterocycles. The Morgan fingerprint density at radius 3 is 2.73 bits per heavy atom. The molecule has 8 heteroatoms. The Kier molecular flexibility index (Phi) is 5.01. The zero-order chi connectivity index (χ0) is 18.7. The highest BCUT2D eigenvalue weighted by molar-refractivity contribution is 6.06. The van der Waals surface area contributed by atoms with Gasteiger partial charge in [0.2, 0.25) is 0 Å². The second kappa shape index (κ2) is 7.23. The van der Waals surface area contributed by atoms with Crippen LogP contribution in [0, 0.1) is 5.82 Å². The SMILES string of the molecule is CC1(C)NC(=O)N(CCCCCNc2ncnc3cc(F)ccc23)C1=O. The minimum absolute atomic E-state index is 0.180. The van der Waals surface area contributed by atoms with Crippen molar-refractivity contribution in [2.45, 2.75) is 38.6 Å². The van der Waals surface area contributed by atoms with E-state index in [2.05, 4.69) is 20.6 Å². The Hall–Kier alpha value is -2.77. The number of benzene rings is 1. The van der Waals surface area contributed by atoms with Crippen molar-refractivity contribution in [1.82, 2.24) is 20.2 Å². The zero-order valence-electron chi connectivity index (χ0n) is 14.9. The van der Waals surface area contributed by atoms with Gasteiger partial charge in [-0.1, -0.05) is 0 Å². The molecule has 7 nitrogen and oxygen atoms in total. The molecule has 2 N–H and O–H groups in total. The summed E-state index contributed by atoms with van der Waals surface area (Å²) >= 11 is 0. The standard InChI is InChI=1S/C18H22FN5O2/c1-18(2)16(25)24(17(26)23-18)9-5-3-4-8-20-15-13-7-6-12(19)10-14(13)21-11-22-15/h6-7,10-11H,3-5,8-9H2,1-2H3,(H,23,26)(H,20,21,22). The minimum Gasteiger partial charge on any atom is -0.369 e. The minimum atomic E-state index is -0.813. The van der Waals surface area contributed by atoms with Crippen molar-refractivity contribution in [2.24, 2.45) is 0 Å². The van der Waals surface area contributed by atoms with Crippen LogP contribution in [-0.2, 0) is 4.79 Å². The fourth-order valence-corrected chi connectivity index (χ4v) is 2.97. The monoisotopic (exact) mass is 359 g/mol. The van der Waals surface area contributed by atoms with Crippen molar-refractivity contribution in [2.75, 3.05) is 18.4 Å². The molecule has 0 aliphatic carbocycles. The van der Waals surface area contributed by atoms with Crippen LogP contribution in [0.15, 0.2) is 24.5 Å². The van der Waals surface area contributed by atoms with Crippen molar-refractivity contribution in [3.63, 3.8) is 0 Å². The van der Waals surface area contributed by atoms with Gasteiger partial charge in [0, 0.05) is 24.5 Å². The highest BCUT2D eigenvalue weighted by atomic mass is 19.1. The molecule has 1 aromatic carbocycles. The van der Waals surface area contributed by atoms with Crippen LogP contribution in [0.2, 0.25) is 0 Å². The lowest BCUT2D eigenvalue weighted by Crippen LogP contribution is -2.40. The number of carbonyl (C=O) groups excluding carboxylic acids is 2. The number of fused-ring (bicyclic) bond motifs is 1. The normalized spacial score (nSPS) is 16.2. The lowest BCUT2D eigenvalue weighted by molar-refractivity contribution is -0.130. The van der Waals surface area contributed by atoms with Crippen LogP contribution in [0.3, 0.4) is 0 Å². The van der Waals surface area contributed by atoms with E-state index in [9.17, 15) is 14.0 Å². The van der Waals surface area contributed by atoms with Gasteiger partial charge in [-0.15, -0.1) is 0 Å². The molecule has 0 radical (unpaired) electrons. The number of urea groups is 1. The van der Waals surface area contributed by atoms with E-state index in [0.29, 0.717) is 24.4 Å². The number of nitrogens with zero attached hydrogens (tertiary/aromatic N) is 3. The number of rotatable bonds is 7. The number of hydrogen-bond donors (Lipinski definition) is 2. The molecule has 138 valence electrons. The number of amides is 3. The highest BCUT2D eigenvalue weighted by Gasteiger charge is 2.43. The molecule has 1 aliphatic rings. The molecule has 0 bridgehead atoms. The van der Waals surface area contributed by atoms with Crippen LogP contribution in [0.1, 0.15) is 33.1 Å². The first-order valence-corrected chi connectivity index (χ1v) is 8.67. The first-order valence-electron chi connectivity index (χ1n) is 8.67. The number of imide groups is 1. The predicted octanol–water partition coefficient (Wildman–Crippen LogP) is 2.68. The van der Waals surface area contributed by atoms with Gasteiger partial charge >= 0.3 is 6.03 Å². The van der Waals surface area contributed by atoms with E-state index >= 15 is 0 Å². The number of unbranched alkanes of at least 4 members (excludes halogenated alkanes) is 2. The van der Waals surface area contributed by atoms with E-state index < -0.39 is 5.54 Å². The third-order valence-electron chi connectivity index (χ3n) is 4.39. The van der Waals surface area contributed by atoms with Gasteiger partial charge in [0.1, 0.15) is 23.5 Å². The molecule has 1 fully saturated rings. The molecule has 1 aliphatic heterocycles. The average molecular weight is 359 g/mol. The van der Waals surface area contributed by atoms with Crippen molar-refractivity contribution in [3.05, 3.63) is 30.3 Å². The van der Waals surface area contributed by atoms with Crippen LogP contribution >= 0.6 is 0 Å². The van der Waals surface area contributed by atoms with Gasteiger partial charge in [0.15, 0.2) is 0 Å². The van der Waals surface area contributed by atoms with Gasteiger partial charge < -0.3 is 10.6 Å². The predicted molar refractivity (Wildman–Crippen MR) is 96.2 cm³/mol. The summed E-state index contributed by atoms with van der Waals surface area (Å²) in [6.07, 6.45) is 3.87. The molecular formula is C18H22FN5O2. The number of nitrogens with one attached hydrogen (secondary N) is 2. The lowest BCUT2D eigenvalue weighted by Gasteiger charge is -2.15. The van der Waals surface area contributed by atoms with Gasteiger partial charge in [-0.3, -0.25) is 9.69 Å². The summed E-state index contributed by atoms with van der Waals surface area (Å²) in [5, 5.41) is 6.68. The van der Waals surface area contributed by atoms with Gasteiger partial charge in [-0.25, -0.2) is 19.2 Å². The lowest BCUT2D eigenvalue weighted by atomic mass is 10.1. The molecule has 3 amide bonds. The maximum Gasteiger partial charge on any atom is 0.325 e. The summed E-state index contributed by atoms with van der Waals surface area (Å²) in [7, 11) is 0. The molecule has 1 aromatic heterocycles. The Bertz CT molecular complexity index is 839. The topological polar surface area (TPSA) is 87.2 Å². The maximum absolute atomic E-state index is 13.3. The van der Waals surface area contributed by atoms with Crippen molar-refractivity contribution < 1.29 is 14.0 Å². The van der Waals surface area contributed by atoms with Crippen LogP contribution in [0.4, 0.5) is 15.0 Å². The summed E-state index contributed by atoms with van der Waals surface area (Å²) in [5.74, 6) is 0.164. The Labute approximate surface area is 151 Å². The fraction of sp³-hybridized carbons (Fsp3) is 0.444. The number of anilines is 1. The van der Waals surface area contributed by atoms with E-state index in [0.717, 1.165) is 24.6 Å². The van der Waals surface area contributed by atoms with E-state index in [1.165, 1.54) is 23.4 Å². The summed E-state index contributed by atoms with van der Waals surface area (Å²) in [6, 6.07) is 4.10. The molecule has 0 atom stereocenters. The third kappa shape index (κ3) is 3.74. The Balaban J connectivity index is 1.44. The zero-order valence-corrected chi connectivity index (χ0v) is 14.9. The van der Waals surface area contributed by atoms with Crippen LogP contribution < -0.4 is 10.6 Å². The molecule has 2 aromatic rings. The summed E-state index contributed by atoms with van der Waals surface area (Å²) in [6.45, 7) is 4.52. The Morgan fingerprint density at radius 1 is 1.19 bits per heavy atom.